The van der Waals surface area contributed by atoms with E-state index < -0.39 is 17.6 Å². The van der Waals surface area contributed by atoms with Crippen LogP contribution in [0.1, 0.15) is 10.4 Å². The van der Waals surface area contributed by atoms with E-state index in [-0.39, 0.29) is 20.7 Å². The van der Waals surface area contributed by atoms with Crippen molar-refractivity contribution in [3.63, 3.8) is 0 Å². The molecule has 2 aromatic rings. The second-order valence-corrected chi connectivity index (χ2v) is 5.05. The number of halogens is 4. The molecule has 0 aliphatic rings. The Kier molecular flexibility index (Phi) is 4.25. The number of hydrogen-bond donors (Lipinski definition) is 2. The molecule has 2 rings (SSSR count). The number of rotatable bonds is 3. The fourth-order valence-electron chi connectivity index (χ4n) is 1.54. The molecular weight excluding hydrogens is 356 g/mol. The van der Waals surface area contributed by atoms with Crippen LogP contribution in [0.3, 0.4) is 0 Å². The third kappa shape index (κ3) is 2.91. The van der Waals surface area contributed by atoms with E-state index in [0.717, 1.165) is 6.07 Å². The molecule has 0 atom stereocenters. The Morgan fingerprint density at radius 1 is 1.25 bits per heavy atom. The smallest absolute Gasteiger partial charge is 0.336 e. The normalized spacial score (nSPS) is 10.4. The topological polar surface area (TPSA) is 49.3 Å². The van der Waals surface area contributed by atoms with Crippen molar-refractivity contribution in [1.82, 2.24) is 0 Å². The second kappa shape index (κ2) is 5.76. The fraction of sp³-hybridized carbons (Fsp3) is 0. The van der Waals surface area contributed by atoms with Gasteiger partial charge in [-0.25, -0.2) is 13.6 Å². The molecule has 3 nitrogen and oxygen atoms in total. The van der Waals surface area contributed by atoms with Crippen molar-refractivity contribution in [3.8, 4) is 0 Å². The number of carboxylic acid groups (broad SMARTS) is 1. The molecule has 0 unspecified atom stereocenters. The number of aromatic carboxylic acids is 1. The first-order valence-corrected chi connectivity index (χ1v) is 6.50. The lowest BCUT2D eigenvalue weighted by molar-refractivity contribution is 0.0695. The first-order chi connectivity index (χ1) is 9.40. The Hall–Kier alpha value is -1.66. The van der Waals surface area contributed by atoms with E-state index in [1.54, 1.807) is 0 Å². The third-order valence-corrected chi connectivity index (χ3v) is 3.58. The fourth-order valence-corrected chi connectivity index (χ4v) is 2.24. The van der Waals surface area contributed by atoms with E-state index in [1.165, 1.54) is 24.3 Å². The molecule has 0 amide bonds. The molecule has 0 aliphatic carbocycles. The number of carboxylic acids is 1. The zero-order valence-corrected chi connectivity index (χ0v) is 12.1. The van der Waals surface area contributed by atoms with Gasteiger partial charge in [-0.15, -0.1) is 0 Å². The zero-order chi connectivity index (χ0) is 14.9. The number of carbonyl (C=O) groups is 1. The maximum Gasteiger partial charge on any atom is 0.336 e. The molecule has 7 heteroatoms. The molecule has 2 N–H and O–H groups in total. The SMILES string of the molecule is O=C(O)c1ccc(Nc2ccc(F)c(Cl)c2)c(F)c1Br. The van der Waals surface area contributed by atoms with E-state index in [2.05, 4.69) is 21.2 Å². The summed E-state index contributed by atoms with van der Waals surface area (Å²) in [6, 6.07) is 6.36. The van der Waals surface area contributed by atoms with Crippen molar-refractivity contribution in [2.75, 3.05) is 5.32 Å². The van der Waals surface area contributed by atoms with Crippen molar-refractivity contribution in [3.05, 3.63) is 57.0 Å². The van der Waals surface area contributed by atoms with Crippen LogP contribution in [0.2, 0.25) is 5.02 Å². The van der Waals surface area contributed by atoms with Gasteiger partial charge in [-0.1, -0.05) is 11.6 Å². The van der Waals surface area contributed by atoms with Gasteiger partial charge in [0.2, 0.25) is 0 Å². The zero-order valence-electron chi connectivity index (χ0n) is 9.75. The largest absolute Gasteiger partial charge is 0.478 e. The molecule has 2 aromatic carbocycles. The average Bonchev–Trinajstić information content (AvgIpc) is 2.39. The minimum atomic E-state index is -1.24. The third-order valence-electron chi connectivity index (χ3n) is 2.51. The highest BCUT2D eigenvalue weighted by molar-refractivity contribution is 9.10. The Morgan fingerprint density at radius 3 is 2.55 bits per heavy atom. The highest BCUT2D eigenvalue weighted by atomic mass is 79.9. The Morgan fingerprint density at radius 2 is 1.95 bits per heavy atom. The van der Waals surface area contributed by atoms with E-state index in [1.807, 2.05) is 0 Å². The highest BCUT2D eigenvalue weighted by Crippen LogP contribution is 2.30. The standard InChI is InChI=1S/C13H7BrClF2NO2/c14-11-7(13(19)20)2-4-10(12(11)17)18-6-1-3-9(16)8(15)5-6/h1-5,18H,(H,19,20). The first-order valence-electron chi connectivity index (χ1n) is 5.33. The summed E-state index contributed by atoms with van der Waals surface area (Å²) in [5.41, 5.74) is 0.236. The summed E-state index contributed by atoms with van der Waals surface area (Å²) < 4.78 is 26.9. The monoisotopic (exact) mass is 361 g/mol. The Labute approximate surface area is 126 Å². The predicted molar refractivity (Wildman–Crippen MR) is 75.8 cm³/mol. The molecule has 0 saturated carbocycles. The first kappa shape index (κ1) is 14.7. The van der Waals surface area contributed by atoms with Gasteiger partial charge in [-0.05, 0) is 46.3 Å². The van der Waals surface area contributed by atoms with Crippen molar-refractivity contribution >= 4 is 44.9 Å². The van der Waals surface area contributed by atoms with Crippen molar-refractivity contribution in [2.45, 2.75) is 0 Å². The van der Waals surface area contributed by atoms with Crippen LogP contribution in [0.15, 0.2) is 34.8 Å². The quantitative estimate of drug-likeness (QED) is 0.823. The molecule has 104 valence electrons. The molecule has 0 aromatic heterocycles. The van der Waals surface area contributed by atoms with Crippen LogP contribution in [-0.2, 0) is 0 Å². The van der Waals surface area contributed by atoms with Crippen molar-refractivity contribution in [1.29, 1.82) is 0 Å². The molecular formula is C13H7BrClF2NO2. The molecule has 0 fully saturated rings. The highest BCUT2D eigenvalue weighted by Gasteiger charge is 2.16. The van der Waals surface area contributed by atoms with E-state index in [4.69, 9.17) is 16.7 Å². The lowest BCUT2D eigenvalue weighted by Gasteiger charge is -2.10. The average molecular weight is 363 g/mol. The van der Waals surface area contributed by atoms with Gasteiger partial charge >= 0.3 is 5.97 Å². The van der Waals surface area contributed by atoms with E-state index >= 15 is 0 Å². The van der Waals surface area contributed by atoms with Gasteiger partial charge < -0.3 is 10.4 Å². The predicted octanol–water partition coefficient (Wildman–Crippen LogP) is 4.82. The summed E-state index contributed by atoms with van der Waals surface area (Å²) >= 11 is 8.51. The molecule has 0 aliphatic heterocycles. The summed E-state index contributed by atoms with van der Waals surface area (Å²) in [6.45, 7) is 0. The van der Waals surface area contributed by atoms with Crippen LogP contribution >= 0.6 is 27.5 Å². The number of nitrogens with one attached hydrogen (secondary N) is 1. The minimum absolute atomic E-state index is 0.0459. The van der Waals surface area contributed by atoms with Gasteiger partial charge in [0.25, 0.3) is 0 Å². The molecule has 0 spiro atoms. The summed E-state index contributed by atoms with van der Waals surface area (Å²) in [4.78, 5) is 10.8. The van der Waals surface area contributed by atoms with Crippen LogP contribution in [0.5, 0.6) is 0 Å². The van der Waals surface area contributed by atoms with Gasteiger partial charge in [-0.3, -0.25) is 0 Å². The van der Waals surface area contributed by atoms with Crippen molar-refractivity contribution in [2.24, 2.45) is 0 Å². The number of benzene rings is 2. The lowest BCUT2D eigenvalue weighted by Crippen LogP contribution is -2.02. The van der Waals surface area contributed by atoms with Gasteiger partial charge in [0, 0.05) is 5.69 Å². The summed E-state index contributed by atoms with van der Waals surface area (Å²) in [7, 11) is 0. The van der Waals surface area contributed by atoms with Crippen LogP contribution in [0.25, 0.3) is 0 Å². The summed E-state index contributed by atoms with van der Waals surface area (Å²) in [5.74, 6) is -2.59. The van der Waals surface area contributed by atoms with Crippen LogP contribution in [0.4, 0.5) is 20.2 Å². The molecule has 20 heavy (non-hydrogen) atoms. The van der Waals surface area contributed by atoms with Gasteiger partial charge in [0.1, 0.15) is 5.82 Å². The molecule has 0 saturated heterocycles. The van der Waals surface area contributed by atoms with Gasteiger partial charge in [0.15, 0.2) is 5.82 Å². The van der Waals surface area contributed by atoms with E-state index in [9.17, 15) is 13.6 Å². The second-order valence-electron chi connectivity index (χ2n) is 3.85. The number of hydrogen-bond acceptors (Lipinski definition) is 2. The number of anilines is 2. The van der Waals surface area contributed by atoms with Crippen LogP contribution in [-0.4, -0.2) is 11.1 Å². The minimum Gasteiger partial charge on any atom is -0.478 e. The lowest BCUT2D eigenvalue weighted by atomic mass is 10.2. The Balaban J connectivity index is 2.37. The molecule has 0 bridgehead atoms. The van der Waals surface area contributed by atoms with Crippen LogP contribution < -0.4 is 5.32 Å². The van der Waals surface area contributed by atoms with Crippen molar-refractivity contribution < 1.29 is 18.7 Å². The summed E-state index contributed by atoms with van der Waals surface area (Å²) in [5, 5.41) is 11.5. The van der Waals surface area contributed by atoms with Gasteiger partial charge in [-0.2, -0.15) is 0 Å². The van der Waals surface area contributed by atoms with Crippen LogP contribution in [0, 0.1) is 11.6 Å². The Bertz CT molecular complexity index is 694. The maximum atomic E-state index is 14.0. The van der Waals surface area contributed by atoms with E-state index in [0.29, 0.717) is 5.69 Å². The summed E-state index contributed by atoms with van der Waals surface area (Å²) in [6.07, 6.45) is 0. The molecule has 0 heterocycles. The maximum absolute atomic E-state index is 14.0. The van der Waals surface area contributed by atoms with Gasteiger partial charge in [0.05, 0.1) is 20.7 Å². The molecule has 0 radical (unpaired) electrons.